The fourth-order valence-electron chi connectivity index (χ4n) is 4.00. The second-order valence-electron chi connectivity index (χ2n) is 7.04. The van der Waals surface area contributed by atoms with Gasteiger partial charge < -0.3 is 10.8 Å². The summed E-state index contributed by atoms with van der Waals surface area (Å²) in [6, 6.07) is 1.14. The summed E-state index contributed by atoms with van der Waals surface area (Å²) < 4.78 is 0. The molecule has 19 heavy (non-hydrogen) atoms. The first-order chi connectivity index (χ1) is 9.11. The van der Waals surface area contributed by atoms with E-state index < -0.39 is 0 Å². The average molecular weight is 268 g/mol. The second-order valence-corrected chi connectivity index (χ2v) is 7.04. The molecule has 2 fully saturated rings. The first-order valence-electron chi connectivity index (χ1n) is 8.22. The third-order valence-electron chi connectivity index (χ3n) is 5.37. The fraction of sp³-hybridized carbons (Fsp3) is 1.00. The SMILES string of the molecule is CC1CC(C)C(CN(CCCO)C2CCC2)C(N)C1. The van der Waals surface area contributed by atoms with Gasteiger partial charge in [0.2, 0.25) is 0 Å². The Labute approximate surface area is 118 Å². The Morgan fingerprint density at radius 1 is 1.21 bits per heavy atom. The predicted octanol–water partition coefficient (Wildman–Crippen LogP) is 2.23. The van der Waals surface area contributed by atoms with Crippen LogP contribution in [0.25, 0.3) is 0 Å². The summed E-state index contributed by atoms with van der Waals surface area (Å²) in [5.74, 6) is 2.18. The molecule has 0 aromatic carbocycles. The third-order valence-corrected chi connectivity index (χ3v) is 5.37. The zero-order valence-electron chi connectivity index (χ0n) is 12.7. The van der Waals surface area contributed by atoms with Gasteiger partial charge in [-0.05, 0) is 49.9 Å². The van der Waals surface area contributed by atoms with Crippen molar-refractivity contribution in [3.8, 4) is 0 Å². The van der Waals surface area contributed by atoms with Crippen molar-refractivity contribution in [2.45, 2.75) is 64.5 Å². The third kappa shape index (κ3) is 3.93. The largest absolute Gasteiger partial charge is 0.396 e. The fourth-order valence-corrected chi connectivity index (χ4v) is 4.00. The summed E-state index contributed by atoms with van der Waals surface area (Å²) in [4.78, 5) is 2.62. The summed E-state index contributed by atoms with van der Waals surface area (Å²) >= 11 is 0. The summed E-state index contributed by atoms with van der Waals surface area (Å²) in [5.41, 5.74) is 6.42. The molecule has 4 unspecified atom stereocenters. The minimum absolute atomic E-state index is 0.312. The van der Waals surface area contributed by atoms with Crippen LogP contribution in [0.1, 0.15) is 52.4 Å². The number of hydrogen-bond acceptors (Lipinski definition) is 3. The van der Waals surface area contributed by atoms with Gasteiger partial charge in [-0.2, -0.15) is 0 Å². The van der Waals surface area contributed by atoms with Crippen molar-refractivity contribution in [3.05, 3.63) is 0 Å². The van der Waals surface area contributed by atoms with E-state index in [0.717, 1.165) is 37.4 Å². The van der Waals surface area contributed by atoms with E-state index in [-0.39, 0.29) is 0 Å². The molecule has 2 aliphatic carbocycles. The average Bonchev–Trinajstić information content (AvgIpc) is 2.27. The molecule has 2 saturated carbocycles. The van der Waals surface area contributed by atoms with Gasteiger partial charge in [0, 0.05) is 31.8 Å². The van der Waals surface area contributed by atoms with Gasteiger partial charge >= 0.3 is 0 Å². The van der Waals surface area contributed by atoms with Crippen LogP contribution < -0.4 is 5.73 Å². The van der Waals surface area contributed by atoms with Crippen molar-refractivity contribution in [2.75, 3.05) is 19.7 Å². The van der Waals surface area contributed by atoms with E-state index >= 15 is 0 Å². The summed E-state index contributed by atoms with van der Waals surface area (Å²) in [5, 5.41) is 9.08. The van der Waals surface area contributed by atoms with Gasteiger partial charge in [0.05, 0.1) is 0 Å². The Hall–Kier alpha value is -0.120. The van der Waals surface area contributed by atoms with Gasteiger partial charge in [0.25, 0.3) is 0 Å². The Kier molecular flexibility index (Phi) is 5.67. The number of hydrogen-bond donors (Lipinski definition) is 2. The minimum Gasteiger partial charge on any atom is -0.396 e. The molecule has 0 amide bonds. The second kappa shape index (κ2) is 7.05. The first kappa shape index (κ1) is 15.3. The lowest BCUT2D eigenvalue weighted by atomic mass is 9.72. The molecule has 0 radical (unpaired) electrons. The molecule has 0 spiro atoms. The van der Waals surface area contributed by atoms with Crippen LogP contribution in [0.5, 0.6) is 0 Å². The van der Waals surface area contributed by atoms with Crippen molar-refractivity contribution in [1.82, 2.24) is 4.90 Å². The van der Waals surface area contributed by atoms with Gasteiger partial charge in [-0.3, -0.25) is 4.90 Å². The van der Waals surface area contributed by atoms with E-state index in [4.69, 9.17) is 10.8 Å². The molecule has 0 aromatic heterocycles. The maximum absolute atomic E-state index is 9.08. The maximum Gasteiger partial charge on any atom is 0.0443 e. The lowest BCUT2D eigenvalue weighted by Gasteiger charge is -2.44. The molecule has 0 bridgehead atoms. The minimum atomic E-state index is 0.312. The zero-order chi connectivity index (χ0) is 13.8. The van der Waals surface area contributed by atoms with Gasteiger partial charge in [-0.15, -0.1) is 0 Å². The van der Waals surface area contributed by atoms with Crippen LogP contribution in [0.15, 0.2) is 0 Å². The lowest BCUT2D eigenvalue weighted by molar-refractivity contribution is 0.0588. The highest BCUT2D eigenvalue weighted by Gasteiger charge is 2.35. The smallest absolute Gasteiger partial charge is 0.0443 e. The molecule has 3 nitrogen and oxygen atoms in total. The molecule has 3 heteroatoms. The molecule has 0 aliphatic heterocycles. The summed E-state index contributed by atoms with van der Waals surface area (Å²) in [7, 11) is 0. The van der Waals surface area contributed by atoms with E-state index in [1.165, 1.54) is 32.1 Å². The highest BCUT2D eigenvalue weighted by atomic mass is 16.3. The topological polar surface area (TPSA) is 49.5 Å². The maximum atomic E-state index is 9.08. The quantitative estimate of drug-likeness (QED) is 0.776. The van der Waals surface area contributed by atoms with E-state index in [0.29, 0.717) is 18.6 Å². The Morgan fingerprint density at radius 2 is 1.95 bits per heavy atom. The first-order valence-corrected chi connectivity index (χ1v) is 8.22. The van der Waals surface area contributed by atoms with E-state index in [1.807, 2.05) is 0 Å². The molecular weight excluding hydrogens is 236 g/mol. The normalized spacial score (nSPS) is 36.5. The summed E-state index contributed by atoms with van der Waals surface area (Å²) in [6.07, 6.45) is 7.49. The molecular formula is C16H32N2O. The number of aliphatic hydroxyl groups excluding tert-OH is 1. The van der Waals surface area contributed by atoms with Crippen molar-refractivity contribution in [3.63, 3.8) is 0 Å². The van der Waals surface area contributed by atoms with Crippen molar-refractivity contribution in [2.24, 2.45) is 23.5 Å². The molecule has 0 saturated heterocycles. The van der Waals surface area contributed by atoms with Crippen LogP contribution in [0.3, 0.4) is 0 Å². The van der Waals surface area contributed by atoms with E-state index in [1.54, 1.807) is 0 Å². The molecule has 3 N–H and O–H groups in total. The zero-order valence-corrected chi connectivity index (χ0v) is 12.7. The van der Waals surface area contributed by atoms with E-state index in [9.17, 15) is 0 Å². The van der Waals surface area contributed by atoms with Crippen molar-refractivity contribution >= 4 is 0 Å². The number of nitrogens with two attached hydrogens (primary N) is 1. The molecule has 2 rings (SSSR count). The Bertz CT molecular complexity index is 255. The number of rotatable bonds is 6. The standard InChI is InChI=1S/C16H32N2O/c1-12-9-13(2)15(16(17)10-12)11-18(7-4-8-19)14-5-3-6-14/h12-16,19H,3-11,17H2,1-2H3. The van der Waals surface area contributed by atoms with Crippen LogP contribution in [0, 0.1) is 17.8 Å². The predicted molar refractivity (Wildman–Crippen MR) is 79.9 cm³/mol. The van der Waals surface area contributed by atoms with Gasteiger partial charge in [0.15, 0.2) is 0 Å². The van der Waals surface area contributed by atoms with Crippen LogP contribution in [-0.4, -0.2) is 41.8 Å². The van der Waals surface area contributed by atoms with Crippen LogP contribution in [0.2, 0.25) is 0 Å². The molecule has 0 aromatic rings. The van der Waals surface area contributed by atoms with Crippen molar-refractivity contribution < 1.29 is 5.11 Å². The van der Waals surface area contributed by atoms with Gasteiger partial charge in [-0.1, -0.05) is 20.3 Å². The highest BCUT2D eigenvalue weighted by molar-refractivity contribution is 4.90. The van der Waals surface area contributed by atoms with Crippen molar-refractivity contribution in [1.29, 1.82) is 0 Å². The number of nitrogens with zero attached hydrogens (tertiary/aromatic N) is 1. The van der Waals surface area contributed by atoms with Gasteiger partial charge in [-0.25, -0.2) is 0 Å². The highest BCUT2D eigenvalue weighted by Crippen LogP contribution is 2.35. The molecule has 112 valence electrons. The van der Waals surface area contributed by atoms with Crippen LogP contribution >= 0.6 is 0 Å². The van der Waals surface area contributed by atoms with E-state index in [2.05, 4.69) is 18.7 Å². The number of aliphatic hydroxyl groups is 1. The Balaban J connectivity index is 1.90. The monoisotopic (exact) mass is 268 g/mol. The summed E-state index contributed by atoms with van der Waals surface area (Å²) in [6.45, 7) is 7.23. The van der Waals surface area contributed by atoms with Crippen LogP contribution in [-0.2, 0) is 0 Å². The Morgan fingerprint density at radius 3 is 2.47 bits per heavy atom. The molecule has 4 atom stereocenters. The lowest BCUT2D eigenvalue weighted by Crippen LogP contribution is -2.50. The molecule has 2 aliphatic rings. The molecule has 0 heterocycles. The van der Waals surface area contributed by atoms with Crippen LogP contribution in [0.4, 0.5) is 0 Å². The van der Waals surface area contributed by atoms with Gasteiger partial charge in [0.1, 0.15) is 0 Å².